The minimum Gasteiger partial charge on any atom is -0.373 e. The second-order valence-corrected chi connectivity index (χ2v) is 7.91. The summed E-state index contributed by atoms with van der Waals surface area (Å²) in [4.78, 5) is 17.1. The number of piperidine rings is 1. The number of ether oxygens (including phenoxy) is 1. The second kappa shape index (κ2) is 7.49. The van der Waals surface area contributed by atoms with E-state index in [2.05, 4.69) is 35.9 Å². The molecule has 5 heteroatoms. The molecular formula is C18H33N3O2. The number of likely N-dealkylation sites (tertiary alicyclic amines) is 1. The van der Waals surface area contributed by atoms with Crippen molar-refractivity contribution >= 4 is 5.91 Å². The zero-order valence-corrected chi connectivity index (χ0v) is 15.0. The van der Waals surface area contributed by atoms with Crippen LogP contribution in [0.3, 0.4) is 0 Å². The molecular weight excluding hydrogens is 290 g/mol. The lowest BCUT2D eigenvalue weighted by Crippen LogP contribution is -2.51. The predicted molar refractivity (Wildman–Crippen MR) is 91.4 cm³/mol. The summed E-state index contributed by atoms with van der Waals surface area (Å²) >= 11 is 0. The first-order chi connectivity index (χ1) is 11.0. The summed E-state index contributed by atoms with van der Waals surface area (Å²) < 4.78 is 5.82. The molecule has 3 fully saturated rings. The van der Waals surface area contributed by atoms with Crippen LogP contribution in [-0.4, -0.2) is 72.7 Å². The molecule has 1 aliphatic carbocycles. The summed E-state index contributed by atoms with van der Waals surface area (Å²) in [6.45, 7) is 11.8. The monoisotopic (exact) mass is 323 g/mol. The molecule has 3 rings (SSSR count). The number of nitrogens with zero attached hydrogens (tertiary/aromatic N) is 2. The number of amides is 1. The maximum absolute atomic E-state index is 12.2. The van der Waals surface area contributed by atoms with E-state index in [1.165, 1.54) is 19.4 Å². The molecule has 0 aromatic rings. The largest absolute Gasteiger partial charge is 0.373 e. The third kappa shape index (κ3) is 4.91. The lowest BCUT2D eigenvalue weighted by atomic mass is 9.94. The molecule has 1 N–H and O–H groups in total. The Morgan fingerprint density at radius 1 is 1.13 bits per heavy atom. The summed E-state index contributed by atoms with van der Waals surface area (Å²) in [6.07, 6.45) is 5.45. The summed E-state index contributed by atoms with van der Waals surface area (Å²) in [6, 6.07) is 0.493. The van der Waals surface area contributed by atoms with E-state index in [-0.39, 0.29) is 11.9 Å². The Labute approximate surface area is 140 Å². The van der Waals surface area contributed by atoms with Crippen molar-refractivity contribution in [1.82, 2.24) is 15.1 Å². The Balaban J connectivity index is 1.40. The molecule has 2 heterocycles. The lowest BCUT2D eigenvalue weighted by Gasteiger charge is -2.40. The Morgan fingerprint density at radius 3 is 2.30 bits per heavy atom. The molecule has 3 atom stereocenters. The number of rotatable bonds is 5. The van der Waals surface area contributed by atoms with Crippen molar-refractivity contribution in [2.24, 2.45) is 5.92 Å². The third-order valence-corrected chi connectivity index (χ3v) is 5.51. The SMILES string of the molecule is C[C@@H]1CN(CC2CCN([C@@H](C)C(=O)NC3CC3)CC2)C[C@H](C)O1. The van der Waals surface area contributed by atoms with E-state index in [1.54, 1.807) is 0 Å². The van der Waals surface area contributed by atoms with Gasteiger partial charge in [-0.25, -0.2) is 0 Å². The van der Waals surface area contributed by atoms with E-state index in [0.717, 1.165) is 44.9 Å². The number of nitrogens with one attached hydrogen (secondary N) is 1. The quantitative estimate of drug-likeness (QED) is 0.832. The third-order valence-electron chi connectivity index (χ3n) is 5.51. The number of carbonyl (C=O) groups is 1. The van der Waals surface area contributed by atoms with Crippen molar-refractivity contribution in [3.05, 3.63) is 0 Å². The van der Waals surface area contributed by atoms with Gasteiger partial charge in [0, 0.05) is 25.7 Å². The summed E-state index contributed by atoms with van der Waals surface area (Å²) in [5, 5.41) is 3.13. The molecule has 0 aromatic heterocycles. The van der Waals surface area contributed by atoms with Gasteiger partial charge in [0.25, 0.3) is 0 Å². The normalized spacial score (nSPS) is 32.7. The van der Waals surface area contributed by atoms with E-state index in [1.807, 2.05) is 0 Å². The Kier molecular flexibility index (Phi) is 5.60. The van der Waals surface area contributed by atoms with Crippen LogP contribution in [-0.2, 0) is 9.53 Å². The standard InChI is InChI=1S/C18H33N3O2/c1-13-10-20(11-14(2)23-13)12-16-6-8-21(9-7-16)15(3)18(22)19-17-4-5-17/h13-17H,4-12H2,1-3H3,(H,19,22)/t13-,14+,15-/m0/s1. The van der Waals surface area contributed by atoms with Crippen LogP contribution in [0.4, 0.5) is 0 Å². The van der Waals surface area contributed by atoms with Crippen LogP contribution < -0.4 is 5.32 Å². The fourth-order valence-corrected chi connectivity index (χ4v) is 4.04. The van der Waals surface area contributed by atoms with Gasteiger partial charge in [-0.1, -0.05) is 0 Å². The highest BCUT2D eigenvalue weighted by atomic mass is 16.5. The van der Waals surface area contributed by atoms with Crippen molar-refractivity contribution in [3.63, 3.8) is 0 Å². The second-order valence-electron chi connectivity index (χ2n) is 7.91. The van der Waals surface area contributed by atoms with Gasteiger partial charge in [0.1, 0.15) is 0 Å². The van der Waals surface area contributed by atoms with Crippen LogP contribution in [0.25, 0.3) is 0 Å². The summed E-state index contributed by atoms with van der Waals surface area (Å²) in [5.41, 5.74) is 0. The topological polar surface area (TPSA) is 44.8 Å². The van der Waals surface area contributed by atoms with Crippen LogP contribution in [0.5, 0.6) is 0 Å². The highest BCUT2D eigenvalue weighted by Gasteiger charge is 2.31. The first-order valence-electron chi connectivity index (χ1n) is 9.43. The van der Waals surface area contributed by atoms with Gasteiger partial charge in [0.15, 0.2) is 0 Å². The van der Waals surface area contributed by atoms with E-state index in [9.17, 15) is 4.79 Å². The highest BCUT2D eigenvalue weighted by Crippen LogP contribution is 2.23. The van der Waals surface area contributed by atoms with E-state index < -0.39 is 0 Å². The number of hydrogen-bond acceptors (Lipinski definition) is 4. The summed E-state index contributed by atoms with van der Waals surface area (Å²) in [5.74, 6) is 0.990. The fraction of sp³-hybridized carbons (Fsp3) is 0.944. The molecule has 2 aliphatic heterocycles. The van der Waals surface area contributed by atoms with Gasteiger partial charge in [-0.2, -0.15) is 0 Å². The van der Waals surface area contributed by atoms with Gasteiger partial charge in [0.2, 0.25) is 5.91 Å². The molecule has 23 heavy (non-hydrogen) atoms. The summed E-state index contributed by atoms with van der Waals surface area (Å²) in [7, 11) is 0. The van der Waals surface area contributed by atoms with E-state index >= 15 is 0 Å². The first kappa shape index (κ1) is 17.2. The fourth-order valence-electron chi connectivity index (χ4n) is 4.04. The van der Waals surface area contributed by atoms with Gasteiger partial charge < -0.3 is 10.1 Å². The smallest absolute Gasteiger partial charge is 0.237 e. The van der Waals surface area contributed by atoms with Crippen LogP contribution in [0, 0.1) is 5.92 Å². The zero-order valence-electron chi connectivity index (χ0n) is 15.0. The van der Waals surface area contributed by atoms with Gasteiger partial charge in [0.05, 0.1) is 18.2 Å². The molecule has 0 unspecified atom stereocenters. The molecule has 1 saturated carbocycles. The molecule has 132 valence electrons. The molecule has 0 bridgehead atoms. The molecule has 3 aliphatic rings. The maximum Gasteiger partial charge on any atom is 0.237 e. The average molecular weight is 323 g/mol. The Hall–Kier alpha value is -0.650. The van der Waals surface area contributed by atoms with Crippen molar-refractivity contribution in [2.75, 3.05) is 32.7 Å². The first-order valence-corrected chi connectivity index (χ1v) is 9.43. The molecule has 5 nitrogen and oxygen atoms in total. The zero-order chi connectivity index (χ0) is 16.4. The molecule has 0 aromatic carbocycles. The van der Waals surface area contributed by atoms with E-state index in [4.69, 9.17) is 4.74 Å². The maximum atomic E-state index is 12.2. The van der Waals surface area contributed by atoms with Crippen molar-refractivity contribution in [2.45, 2.75) is 70.7 Å². The van der Waals surface area contributed by atoms with Gasteiger partial charge in [-0.3, -0.25) is 14.6 Å². The van der Waals surface area contributed by atoms with Crippen LogP contribution in [0.2, 0.25) is 0 Å². The van der Waals surface area contributed by atoms with Crippen molar-refractivity contribution < 1.29 is 9.53 Å². The number of morpholine rings is 1. The molecule has 0 spiro atoms. The highest BCUT2D eigenvalue weighted by molar-refractivity contribution is 5.81. The molecule has 1 amide bonds. The van der Waals surface area contributed by atoms with Crippen LogP contribution in [0.1, 0.15) is 46.5 Å². The van der Waals surface area contributed by atoms with E-state index in [0.29, 0.717) is 18.2 Å². The Morgan fingerprint density at radius 2 is 1.74 bits per heavy atom. The van der Waals surface area contributed by atoms with Crippen LogP contribution >= 0.6 is 0 Å². The lowest BCUT2D eigenvalue weighted by molar-refractivity contribution is -0.126. The Bertz CT molecular complexity index is 395. The number of hydrogen-bond donors (Lipinski definition) is 1. The minimum absolute atomic E-state index is 0.0278. The predicted octanol–water partition coefficient (Wildman–Crippen LogP) is 1.47. The number of carbonyl (C=O) groups excluding carboxylic acids is 1. The van der Waals surface area contributed by atoms with Crippen molar-refractivity contribution in [1.29, 1.82) is 0 Å². The van der Waals surface area contributed by atoms with Crippen molar-refractivity contribution in [3.8, 4) is 0 Å². The minimum atomic E-state index is 0.0278. The van der Waals surface area contributed by atoms with Gasteiger partial charge in [-0.05, 0) is 65.5 Å². The van der Waals surface area contributed by atoms with Crippen LogP contribution in [0.15, 0.2) is 0 Å². The van der Waals surface area contributed by atoms with Gasteiger partial charge in [-0.15, -0.1) is 0 Å². The molecule has 0 radical (unpaired) electrons. The average Bonchev–Trinajstić information content (AvgIpc) is 3.30. The van der Waals surface area contributed by atoms with Gasteiger partial charge >= 0.3 is 0 Å². The molecule has 2 saturated heterocycles.